The molecule has 0 unspecified atom stereocenters. The van der Waals surface area contributed by atoms with E-state index in [2.05, 4.69) is 11.1 Å². The molecule has 0 fully saturated rings. The van der Waals surface area contributed by atoms with E-state index in [0.717, 1.165) is 16.8 Å². The predicted molar refractivity (Wildman–Crippen MR) is 59.1 cm³/mol. The second kappa shape index (κ2) is 3.93. The van der Waals surface area contributed by atoms with Crippen LogP contribution in [0.1, 0.15) is 11.1 Å². The number of pyridine rings is 1. The van der Waals surface area contributed by atoms with Crippen LogP contribution in [0.5, 0.6) is 0 Å². The van der Waals surface area contributed by atoms with Crippen LogP contribution in [-0.2, 0) is 0 Å². The summed E-state index contributed by atoms with van der Waals surface area (Å²) in [6.45, 7) is 2.01. The molecular formula is C13H10N2. The molecule has 15 heavy (non-hydrogen) atoms. The van der Waals surface area contributed by atoms with Crippen LogP contribution in [0.25, 0.3) is 11.3 Å². The molecule has 2 aromatic rings. The summed E-state index contributed by atoms with van der Waals surface area (Å²) in [5.74, 6) is 0. The van der Waals surface area contributed by atoms with Gasteiger partial charge in [-0.3, -0.25) is 4.98 Å². The standard InChI is InChI=1S/C13H10N2/c1-10-2-7-13(15-9-10)12-5-3-11(8-14)4-6-12/h2-7,9H,1H3. The van der Waals surface area contributed by atoms with Crippen molar-refractivity contribution in [3.05, 3.63) is 53.7 Å². The number of hydrogen-bond acceptors (Lipinski definition) is 2. The van der Waals surface area contributed by atoms with E-state index in [1.54, 1.807) is 12.1 Å². The molecule has 0 bridgehead atoms. The molecule has 0 amide bonds. The maximum absolute atomic E-state index is 8.67. The van der Waals surface area contributed by atoms with Crippen LogP contribution in [0.3, 0.4) is 0 Å². The number of nitriles is 1. The highest BCUT2D eigenvalue weighted by molar-refractivity contribution is 5.60. The highest BCUT2D eigenvalue weighted by Gasteiger charge is 1.98. The van der Waals surface area contributed by atoms with E-state index in [-0.39, 0.29) is 0 Å². The summed E-state index contributed by atoms with van der Waals surface area (Å²) in [5, 5.41) is 8.67. The zero-order valence-electron chi connectivity index (χ0n) is 8.44. The zero-order chi connectivity index (χ0) is 10.7. The van der Waals surface area contributed by atoms with Crippen molar-refractivity contribution < 1.29 is 0 Å². The minimum atomic E-state index is 0.672. The fraction of sp³-hybridized carbons (Fsp3) is 0.0769. The van der Waals surface area contributed by atoms with Gasteiger partial charge >= 0.3 is 0 Å². The molecule has 0 saturated heterocycles. The average molecular weight is 194 g/mol. The smallest absolute Gasteiger partial charge is 0.0991 e. The van der Waals surface area contributed by atoms with Gasteiger partial charge in [-0.05, 0) is 30.7 Å². The first-order valence-electron chi connectivity index (χ1n) is 4.73. The number of aromatic nitrogens is 1. The fourth-order valence-corrected chi connectivity index (χ4v) is 1.35. The van der Waals surface area contributed by atoms with E-state index in [4.69, 9.17) is 5.26 Å². The molecule has 0 aliphatic carbocycles. The number of benzene rings is 1. The van der Waals surface area contributed by atoms with Crippen molar-refractivity contribution in [1.29, 1.82) is 5.26 Å². The third kappa shape index (κ3) is 2.03. The van der Waals surface area contributed by atoms with Crippen LogP contribution in [0.15, 0.2) is 42.6 Å². The van der Waals surface area contributed by atoms with Crippen molar-refractivity contribution in [2.24, 2.45) is 0 Å². The van der Waals surface area contributed by atoms with Gasteiger partial charge in [0.1, 0.15) is 0 Å². The predicted octanol–water partition coefficient (Wildman–Crippen LogP) is 2.93. The van der Waals surface area contributed by atoms with Crippen molar-refractivity contribution in [2.75, 3.05) is 0 Å². The molecule has 0 aliphatic rings. The Morgan fingerprint density at radius 2 is 1.80 bits per heavy atom. The molecule has 2 nitrogen and oxygen atoms in total. The summed E-state index contributed by atoms with van der Waals surface area (Å²) in [5.41, 5.74) is 3.79. The molecule has 0 N–H and O–H groups in total. The van der Waals surface area contributed by atoms with Crippen molar-refractivity contribution in [1.82, 2.24) is 4.98 Å². The molecule has 0 aliphatic heterocycles. The van der Waals surface area contributed by atoms with Gasteiger partial charge in [0, 0.05) is 11.8 Å². The van der Waals surface area contributed by atoms with E-state index in [9.17, 15) is 0 Å². The summed E-state index contributed by atoms with van der Waals surface area (Å²) in [4.78, 5) is 4.32. The molecule has 72 valence electrons. The summed E-state index contributed by atoms with van der Waals surface area (Å²) >= 11 is 0. The average Bonchev–Trinajstić information content (AvgIpc) is 2.30. The first kappa shape index (κ1) is 9.42. The Balaban J connectivity index is 2.38. The highest BCUT2D eigenvalue weighted by Crippen LogP contribution is 2.17. The Morgan fingerprint density at radius 1 is 1.07 bits per heavy atom. The number of aryl methyl sites for hydroxylation is 1. The van der Waals surface area contributed by atoms with Crippen molar-refractivity contribution >= 4 is 0 Å². The molecule has 1 aromatic heterocycles. The quantitative estimate of drug-likeness (QED) is 0.699. The normalized spacial score (nSPS) is 9.60. The largest absolute Gasteiger partial charge is 0.256 e. The van der Waals surface area contributed by atoms with Gasteiger partial charge in [0.25, 0.3) is 0 Å². The van der Waals surface area contributed by atoms with Gasteiger partial charge in [-0.15, -0.1) is 0 Å². The molecule has 1 heterocycles. The first-order valence-corrected chi connectivity index (χ1v) is 4.73. The van der Waals surface area contributed by atoms with Gasteiger partial charge in [-0.1, -0.05) is 18.2 Å². The monoisotopic (exact) mass is 194 g/mol. The zero-order valence-corrected chi connectivity index (χ0v) is 8.44. The Bertz CT molecular complexity index is 490. The molecule has 2 rings (SSSR count). The molecule has 0 saturated carbocycles. The number of rotatable bonds is 1. The highest BCUT2D eigenvalue weighted by atomic mass is 14.7. The Kier molecular flexibility index (Phi) is 2.47. The van der Waals surface area contributed by atoms with Gasteiger partial charge in [-0.25, -0.2) is 0 Å². The van der Waals surface area contributed by atoms with Crippen molar-refractivity contribution in [3.63, 3.8) is 0 Å². The minimum Gasteiger partial charge on any atom is -0.256 e. The third-order valence-corrected chi connectivity index (χ3v) is 2.22. The van der Waals surface area contributed by atoms with E-state index in [1.807, 2.05) is 37.4 Å². The lowest BCUT2D eigenvalue weighted by Crippen LogP contribution is -1.84. The van der Waals surface area contributed by atoms with Crippen molar-refractivity contribution in [3.8, 4) is 17.3 Å². The summed E-state index contributed by atoms with van der Waals surface area (Å²) in [7, 11) is 0. The fourth-order valence-electron chi connectivity index (χ4n) is 1.35. The lowest BCUT2D eigenvalue weighted by atomic mass is 10.1. The second-order valence-electron chi connectivity index (χ2n) is 3.41. The molecular weight excluding hydrogens is 184 g/mol. The third-order valence-electron chi connectivity index (χ3n) is 2.22. The van der Waals surface area contributed by atoms with Crippen molar-refractivity contribution in [2.45, 2.75) is 6.92 Å². The number of hydrogen-bond donors (Lipinski definition) is 0. The molecule has 1 aromatic carbocycles. The van der Waals surface area contributed by atoms with Crippen LogP contribution in [-0.4, -0.2) is 4.98 Å². The summed E-state index contributed by atoms with van der Waals surface area (Å²) in [6.07, 6.45) is 1.84. The van der Waals surface area contributed by atoms with Crippen LogP contribution >= 0.6 is 0 Å². The molecule has 0 radical (unpaired) electrons. The Labute approximate surface area is 88.8 Å². The SMILES string of the molecule is Cc1ccc(-c2ccc(C#N)cc2)nc1. The lowest BCUT2D eigenvalue weighted by Gasteiger charge is -2.00. The van der Waals surface area contributed by atoms with Gasteiger partial charge in [0.05, 0.1) is 17.3 Å². The topological polar surface area (TPSA) is 36.7 Å². The molecule has 0 atom stereocenters. The Morgan fingerprint density at radius 3 is 2.33 bits per heavy atom. The van der Waals surface area contributed by atoms with E-state index < -0.39 is 0 Å². The van der Waals surface area contributed by atoms with Gasteiger partial charge in [-0.2, -0.15) is 5.26 Å². The summed E-state index contributed by atoms with van der Waals surface area (Å²) < 4.78 is 0. The first-order chi connectivity index (χ1) is 7.29. The Hall–Kier alpha value is -2.14. The maximum atomic E-state index is 8.67. The van der Waals surface area contributed by atoms with E-state index in [0.29, 0.717) is 5.56 Å². The van der Waals surface area contributed by atoms with Crippen LogP contribution in [0, 0.1) is 18.3 Å². The lowest BCUT2D eigenvalue weighted by molar-refractivity contribution is 1.27. The minimum absolute atomic E-state index is 0.672. The van der Waals surface area contributed by atoms with E-state index in [1.165, 1.54) is 0 Å². The maximum Gasteiger partial charge on any atom is 0.0991 e. The van der Waals surface area contributed by atoms with Gasteiger partial charge in [0.15, 0.2) is 0 Å². The van der Waals surface area contributed by atoms with Gasteiger partial charge < -0.3 is 0 Å². The second-order valence-corrected chi connectivity index (χ2v) is 3.41. The molecule has 0 spiro atoms. The molecule has 2 heteroatoms. The van der Waals surface area contributed by atoms with Gasteiger partial charge in [0.2, 0.25) is 0 Å². The summed E-state index contributed by atoms with van der Waals surface area (Å²) in [6, 6.07) is 13.5. The van der Waals surface area contributed by atoms with Crippen LogP contribution < -0.4 is 0 Å². The number of nitrogens with zero attached hydrogens (tertiary/aromatic N) is 2. The van der Waals surface area contributed by atoms with Crippen LogP contribution in [0.4, 0.5) is 0 Å². The van der Waals surface area contributed by atoms with Crippen LogP contribution in [0.2, 0.25) is 0 Å². The van der Waals surface area contributed by atoms with E-state index >= 15 is 0 Å².